The fourth-order valence-corrected chi connectivity index (χ4v) is 1.87. The van der Waals surface area contributed by atoms with Crippen molar-refractivity contribution >= 4 is 5.97 Å². The summed E-state index contributed by atoms with van der Waals surface area (Å²) in [7, 11) is 0. The van der Waals surface area contributed by atoms with E-state index in [1.54, 1.807) is 13.8 Å². The molecule has 0 atom stereocenters. The van der Waals surface area contributed by atoms with Gasteiger partial charge in [-0.1, -0.05) is 18.9 Å². The van der Waals surface area contributed by atoms with E-state index in [1.165, 1.54) is 6.42 Å². The van der Waals surface area contributed by atoms with E-state index in [0.717, 1.165) is 25.7 Å². The van der Waals surface area contributed by atoms with Gasteiger partial charge in [0.1, 0.15) is 0 Å². The standard InChI is InChI=1S/C13H18O2/c1-4-8-13(9-6-5-7-10-13)15-12(14)11(2)3/h2,5-7,9-10H2,1,3H3. The Kier molecular flexibility index (Phi) is 3.96. The highest BCUT2D eigenvalue weighted by molar-refractivity contribution is 5.87. The Hall–Kier alpha value is -1.23. The van der Waals surface area contributed by atoms with Gasteiger partial charge in [-0.15, -0.1) is 5.92 Å². The molecule has 82 valence electrons. The fourth-order valence-electron chi connectivity index (χ4n) is 1.87. The SMILES string of the molecule is C=C(C)C(=O)OC1(C#CC)CCCCC1. The summed E-state index contributed by atoms with van der Waals surface area (Å²) in [6.07, 6.45) is 5.08. The zero-order chi connectivity index (χ0) is 11.3. The quantitative estimate of drug-likeness (QED) is 0.394. The molecular formula is C13H18O2. The first-order chi connectivity index (χ1) is 7.09. The molecule has 0 spiro atoms. The van der Waals surface area contributed by atoms with Crippen molar-refractivity contribution in [3.05, 3.63) is 12.2 Å². The molecule has 0 aromatic carbocycles. The second kappa shape index (κ2) is 5.02. The molecule has 15 heavy (non-hydrogen) atoms. The predicted molar refractivity (Wildman–Crippen MR) is 60.2 cm³/mol. The van der Waals surface area contributed by atoms with Crippen LogP contribution in [-0.4, -0.2) is 11.6 Å². The van der Waals surface area contributed by atoms with Gasteiger partial charge in [0.2, 0.25) is 0 Å². The summed E-state index contributed by atoms with van der Waals surface area (Å²) in [4.78, 5) is 11.5. The van der Waals surface area contributed by atoms with Crippen LogP contribution in [0.5, 0.6) is 0 Å². The second-order valence-electron chi connectivity index (χ2n) is 4.10. The average Bonchev–Trinajstić information content (AvgIpc) is 2.19. The van der Waals surface area contributed by atoms with Crippen molar-refractivity contribution in [3.8, 4) is 11.8 Å². The van der Waals surface area contributed by atoms with Crippen molar-refractivity contribution in [1.82, 2.24) is 0 Å². The highest BCUT2D eigenvalue weighted by atomic mass is 16.6. The van der Waals surface area contributed by atoms with Crippen molar-refractivity contribution in [2.24, 2.45) is 0 Å². The van der Waals surface area contributed by atoms with Gasteiger partial charge in [0, 0.05) is 5.57 Å². The highest BCUT2D eigenvalue weighted by Crippen LogP contribution is 2.31. The van der Waals surface area contributed by atoms with Gasteiger partial charge >= 0.3 is 5.97 Å². The Morgan fingerprint density at radius 1 is 1.33 bits per heavy atom. The summed E-state index contributed by atoms with van der Waals surface area (Å²) < 4.78 is 5.47. The maximum atomic E-state index is 11.5. The molecule has 0 amide bonds. The van der Waals surface area contributed by atoms with E-state index in [9.17, 15) is 4.79 Å². The summed E-state index contributed by atoms with van der Waals surface area (Å²) in [5.41, 5.74) is -0.0962. The molecule has 1 aliphatic carbocycles. The predicted octanol–water partition coefficient (Wildman–Crippen LogP) is 2.83. The number of rotatable bonds is 2. The summed E-state index contributed by atoms with van der Waals surface area (Å²) in [5.74, 6) is 5.60. The molecule has 0 heterocycles. The van der Waals surface area contributed by atoms with E-state index in [0.29, 0.717) is 5.57 Å². The van der Waals surface area contributed by atoms with Crippen LogP contribution in [0, 0.1) is 11.8 Å². The minimum atomic E-state index is -0.539. The largest absolute Gasteiger partial charge is 0.442 e. The van der Waals surface area contributed by atoms with Gasteiger partial charge in [-0.25, -0.2) is 4.79 Å². The van der Waals surface area contributed by atoms with Crippen molar-refractivity contribution < 1.29 is 9.53 Å². The lowest BCUT2D eigenvalue weighted by Gasteiger charge is -2.32. The Balaban J connectivity index is 2.75. The normalized spacial score (nSPS) is 18.5. The van der Waals surface area contributed by atoms with Crippen LogP contribution in [0.4, 0.5) is 0 Å². The van der Waals surface area contributed by atoms with Crippen molar-refractivity contribution in [1.29, 1.82) is 0 Å². The number of ether oxygens (including phenoxy) is 1. The number of carbonyl (C=O) groups excluding carboxylic acids is 1. The molecule has 0 aromatic heterocycles. The Morgan fingerprint density at radius 3 is 2.40 bits per heavy atom. The lowest BCUT2D eigenvalue weighted by atomic mass is 9.85. The topological polar surface area (TPSA) is 26.3 Å². The Labute approximate surface area is 91.7 Å². The van der Waals surface area contributed by atoms with E-state index >= 15 is 0 Å². The summed E-state index contributed by atoms with van der Waals surface area (Å²) in [6, 6.07) is 0. The molecule has 1 aliphatic rings. The maximum absolute atomic E-state index is 11.5. The zero-order valence-corrected chi connectivity index (χ0v) is 9.56. The smallest absolute Gasteiger partial charge is 0.334 e. The van der Waals surface area contributed by atoms with Gasteiger partial charge in [-0.05, 0) is 39.5 Å². The van der Waals surface area contributed by atoms with E-state index in [4.69, 9.17) is 4.74 Å². The third kappa shape index (κ3) is 3.13. The third-order valence-corrected chi connectivity index (χ3v) is 2.65. The van der Waals surface area contributed by atoms with E-state index in [-0.39, 0.29) is 5.97 Å². The van der Waals surface area contributed by atoms with Crippen molar-refractivity contribution in [2.75, 3.05) is 0 Å². The second-order valence-corrected chi connectivity index (χ2v) is 4.10. The lowest BCUT2D eigenvalue weighted by molar-refractivity contribution is -0.151. The van der Waals surface area contributed by atoms with Crippen LogP contribution < -0.4 is 0 Å². The first-order valence-electron chi connectivity index (χ1n) is 5.42. The molecule has 1 fully saturated rings. The van der Waals surface area contributed by atoms with E-state index in [2.05, 4.69) is 18.4 Å². The number of carbonyl (C=O) groups is 1. The molecule has 0 bridgehead atoms. The molecule has 1 saturated carbocycles. The van der Waals surface area contributed by atoms with Crippen LogP contribution in [0.3, 0.4) is 0 Å². The summed E-state index contributed by atoms with van der Waals surface area (Å²) in [5, 5.41) is 0. The molecule has 0 radical (unpaired) electrons. The number of esters is 1. The summed E-state index contributed by atoms with van der Waals surface area (Å²) in [6.45, 7) is 7.04. The van der Waals surface area contributed by atoms with Gasteiger partial charge in [-0.2, -0.15) is 0 Å². The summed E-state index contributed by atoms with van der Waals surface area (Å²) >= 11 is 0. The third-order valence-electron chi connectivity index (χ3n) is 2.65. The van der Waals surface area contributed by atoms with E-state index < -0.39 is 5.60 Å². The van der Waals surface area contributed by atoms with Gasteiger partial charge in [0.25, 0.3) is 0 Å². The Morgan fingerprint density at radius 2 is 1.93 bits per heavy atom. The minimum absolute atomic E-state index is 0.320. The molecule has 0 saturated heterocycles. The van der Waals surface area contributed by atoms with Gasteiger partial charge < -0.3 is 4.74 Å². The van der Waals surface area contributed by atoms with Crippen LogP contribution >= 0.6 is 0 Å². The number of hydrogen-bond donors (Lipinski definition) is 0. The maximum Gasteiger partial charge on any atom is 0.334 e. The molecule has 2 nitrogen and oxygen atoms in total. The molecule has 0 N–H and O–H groups in total. The van der Waals surface area contributed by atoms with Crippen LogP contribution in [0.15, 0.2) is 12.2 Å². The van der Waals surface area contributed by atoms with Gasteiger partial charge in [0.05, 0.1) is 0 Å². The van der Waals surface area contributed by atoms with Crippen molar-refractivity contribution in [3.63, 3.8) is 0 Å². The van der Waals surface area contributed by atoms with Crippen molar-refractivity contribution in [2.45, 2.75) is 51.6 Å². The molecule has 0 aliphatic heterocycles. The fraction of sp³-hybridized carbons (Fsp3) is 0.615. The van der Waals surface area contributed by atoms with E-state index in [1.807, 2.05) is 0 Å². The van der Waals surface area contributed by atoms with Crippen LogP contribution in [0.25, 0.3) is 0 Å². The number of hydrogen-bond acceptors (Lipinski definition) is 2. The first kappa shape index (κ1) is 11.8. The monoisotopic (exact) mass is 206 g/mol. The lowest BCUT2D eigenvalue weighted by Crippen LogP contribution is -2.36. The highest BCUT2D eigenvalue weighted by Gasteiger charge is 2.34. The zero-order valence-electron chi connectivity index (χ0n) is 9.56. The van der Waals surface area contributed by atoms with Crippen LogP contribution in [-0.2, 0) is 9.53 Å². The first-order valence-corrected chi connectivity index (χ1v) is 5.42. The molecule has 0 unspecified atom stereocenters. The van der Waals surface area contributed by atoms with Crippen LogP contribution in [0.2, 0.25) is 0 Å². The molecular weight excluding hydrogens is 188 g/mol. The minimum Gasteiger partial charge on any atom is -0.442 e. The van der Waals surface area contributed by atoms with Gasteiger partial charge in [-0.3, -0.25) is 0 Å². The average molecular weight is 206 g/mol. The molecule has 2 heteroatoms. The van der Waals surface area contributed by atoms with Crippen LogP contribution in [0.1, 0.15) is 46.0 Å². The Bertz CT molecular complexity index is 311. The molecule has 1 rings (SSSR count). The van der Waals surface area contributed by atoms with Gasteiger partial charge in [0.15, 0.2) is 5.60 Å². The molecule has 0 aromatic rings.